The maximum absolute atomic E-state index is 13.9. The average molecular weight is 941 g/mol. The number of carbonyl (C=O) groups excluding carboxylic acids is 3. The number of aromatic nitrogens is 6. The number of halogens is 8. The Morgan fingerprint density at radius 1 is 0.657 bits per heavy atom. The number of piperazine rings is 2. The van der Waals surface area contributed by atoms with Crippen LogP contribution >= 0.6 is 0 Å². The van der Waals surface area contributed by atoms with Gasteiger partial charge in [-0.15, -0.1) is 0 Å². The Bertz CT molecular complexity index is 2870. The van der Waals surface area contributed by atoms with Crippen LogP contribution in [0.1, 0.15) is 79.1 Å². The second-order valence-corrected chi connectivity index (χ2v) is 18.0. The van der Waals surface area contributed by atoms with E-state index in [0.717, 1.165) is 58.0 Å². The molecule has 354 valence electrons. The minimum atomic E-state index is -4.78. The minimum absolute atomic E-state index is 0.00581. The van der Waals surface area contributed by atoms with E-state index in [4.69, 9.17) is 0 Å². The lowest BCUT2D eigenvalue weighted by Crippen LogP contribution is -2.65. The molecule has 4 aromatic heterocycles. The summed E-state index contributed by atoms with van der Waals surface area (Å²) < 4.78 is 111. The number of benzene rings is 2. The van der Waals surface area contributed by atoms with Crippen LogP contribution in [0.25, 0.3) is 33.8 Å². The number of hydrogen-bond donors (Lipinski definition) is 2. The Balaban J connectivity index is 0.000000186. The fourth-order valence-corrected chi connectivity index (χ4v) is 8.46. The van der Waals surface area contributed by atoms with Crippen LogP contribution in [0, 0.1) is 11.6 Å². The van der Waals surface area contributed by atoms with Crippen LogP contribution in [-0.4, -0.2) is 123 Å². The lowest BCUT2D eigenvalue weighted by molar-refractivity contribution is -0.164. The maximum Gasteiger partial charge on any atom is 0.420 e. The Hall–Kier alpha value is -6.55. The van der Waals surface area contributed by atoms with E-state index in [1.165, 1.54) is 40.3 Å². The molecule has 2 saturated heterocycles. The predicted molar refractivity (Wildman–Crippen MR) is 225 cm³/mol. The fourth-order valence-electron chi connectivity index (χ4n) is 8.46. The number of nitrogens with one attached hydrogen (secondary N) is 1. The van der Waals surface area contributed by atoms with Gasteiger partial charge in [0.05, 0.1) is 34.9 Å². The number of alkyl halides is 6. The number of amides is 3. The van der Waals surface area contributed by atoms with Gasteiger partial charge in [0.25, 0.3) is 17.7 Å². The lowest BCUT2D eigenvalue weighted by atomic mass is 9.78. The largest absolute Gasteiger partial charge is 0.420 e. The van der Waals surface area contributed by atoms with E-state index in [-0.39, 0.29) is 53.9 Å². The highest BCUT2D eigenvalue weighted by molar-refractivity contribution is 5.95. The van der Waals surface area contributed by atoms with Gasteiger partial charge in [0.1, 0.15) is 39.8 Å². The van der Waals surface area contributed by atoms with Crippen LogP contribution in [0.3, 0.4) is 0 Å². The summed E-state index contributed by atoms with van der Waals surface area (Å²) in [5.74, 6) is -2.46. The molecule has 0 unspecified atom stereocenters. The monoisotopic (exact) mass is 940 g/mol. The van der Waals surface area contributed by atoms with E-state index in [0.29, 0.717) is 38.0 Å². The van der Waals surface area contributed by atoms with Gasteiger partial charge in [-0.1, -0.05) is 0 Å². The number of aliphatic hydroxyl groups is 1. The van der Waals surface area contributed by atoms with Crippen molar-refractivity contribution in [3.05, 3.63) is 107 Å². The molecule has 0 radical (unpaired) electrons. The highest BCUT2D eigenvalue weighted by Gasteiger charge is 2.48. The number of hydrogen-bond acceptors (Lipinski definition) is 9. The molecule has 6 aromatic rings. The van der Waals surface area contributed by atoms with Gasteiger partial charge in [-0.25, -0.2) is 27.8 Å². The number of rotatable bonds is 5. The molecule has 3 aliphatic rings. The Kier molecular flexibility index (Phi) is 11.9. The van der Waals surface area contributed by atoms with Gasteiger partial charge < -0.3 is 25.1 Å². The zero-order chi connectivity index (χ0) is 48.4. The molecule has 2 aliphatic heterocycles. The summed E-state index contributed by atoms with van der Waals surface area (Å²) in [6, 6.07) is 11.5. The molecule has 3 fully saturated rings. The predicted octanol–water partition coefficient (Wildman–Crippen LogP) is 6.91. The van der Waals surface area contributed by atoms with E-state index in [9.17, 15) is 54.6 Å². The summed E-state index contributed by atoms with van der Waals surface area (Å²) in [5, 5.41) is 22.0. The van der Waals surface area contributed by atoms with Gasteiger partial charge in [0, 0.05) is 50.4 Å². The van der Waals surface area contributed by atoms with Crippen LogP contribution in [0.15, 0.2) is 73.1 Å². The molecule has 0 atom stereocenters. The van der Waals surface area contributed by atoms with Gasteiger partial charge in [-0.05, 0) is 108 Å². The van der Waals surface area contributed by atoms with Crippen molar-refractivity contribution in [3.63, 3.8) is 0 Å². The van der Waals surface area contributed by atoms with Crippen molar-refractivity contribution in [1.82, 2.24) is 49.2 Å². The Labute approximate surface area is 377 Å². The zero-order valence-electron chi connectivity index (χ0n) is 36.5. The average Bonchev–Trinajstić information content (AvgIpc) is 3.89. The van der Waals surface area contributed by atoms with Crippen LogP contribution < -0.4 is 5.32 Å². The normalized spacial score (nSPS) is 18.1. The first-order chi connectivity index (χ1) is 31.3. The van der Waals surface area contributed by atoms with Crippen LogP contribution in [-0.2, 0) is 17.1 Å². The van der Waals surface area contributed by atoms with E-state index in [2.05, 4.69) is 25.5 Å². The summed E-state index contributed by atoms with van der Waals surface area (Å²) in [7, 11) is 0. The fraction of sp³-hybridized carbons (Fsp3) is 0.400. The highest BCUT2D eigenvalue weighted by atomic mass is 19.4. The molecular formula is C45H44F8N10O4. The topological polar surface area (TPSA) is 154 Å². The molecule has 6 heterocycles. The van der Waals surface area contributed by atoms with Crippen LogP contribution in [0.5, 0.6) is 0 Å². The van der Waals surface area contributed by atoms with Crippen LogP contribution in [0.4, 0.5) is 35.1 Å². The second kappa shape index (κ2) is 17.0. The minimum Gasteiger partial charge on any atom is -0.380 e. The summed E-state index contributed by atoms with van der Waals surface area (Å²) in [6.45, 7) is 9.28. The standard InChI is InChI=1S/C25H25F4N5O3.C20H19F4N5O/c1-23(2)14-32(22(36)24(37)8-3-9-24)10-11-33(23)21(35)19-13-34-20(30-19)17(25(27,28)29)12-18(31-34)15-4-6-16(26)7-5-15;1-19(2)11-25-7-8-28(19)18(30)16-10-29-17(26-16)14(20(22,23)24)9-15(27-29)12-3-5-13(21)6-4-12/h4-7,12-13,37H,3,8-11,14H2,1-2H3;3-6,9-10,25H,7-8,11H2,1-2H3. The van der Waals surface area contributed by atoms with E-state index < -0.39 is 74.9 Å². The summed E-state index contributed by atoms with van der Waals surface area (Å²) in [6.07, 6.45) is -5.56. The van der Waals surface area contributed by atoms with Crippen molar-refractivity contribution in [2.75, 3.05) is 39.3 Å². The highest BCUT2D eigenvalue weighted by Crippen LogP contribution is 2.38. The quantitative estimate of drug-likeness (QED) is 0.176. The molecule has 22 heteroatoms. The SMILES string of the molecule is CC1(C)CN(C(=O)C2(O)CCC2)CCN1C(=O)c1cn2nc(-c3ccc(F)cc3)cc(C(F)(F)F)c2n1.CC1(C)CNCCN1C(=O)c1cn2nc(-c3ccc(F)cc3)cc(C(F)(F)F)c2n1. The summed E-state index contributed by atoms with van der Waals surface area (Å²) >= 11 is 0. The second-order valence-electron chi connectivity index (χ2n) is 18.0. The van der Waals surface area contributed by atoms with Crippen LogP contribution in [0.2, 0.25) is 0 Å². The molecule has 1 aliphatic carbocycles. The van der Waals surface area contributed by atoms with Gasteiger partial charge in [-0.2, -0.15) is 36.5 Å². The third-order valence-corrected chi connectivity index (χ3v) is 12.2. The first-order valence-electron chi connectivity index (χ1n) is 21.2. The summed E-state index contributed by atoms with van der Waals surface area (Å²) in [5.41, 5.74) is -5.62. The number of imidazole rings is 2. The molecular weight excluding hydrogens is 897 g/mol. The van der Waals surface area contributed by atoms with E-state index in [1.807, 2.05) is 13.8 Å². The Morgan fingerprint density at radius 2 is 1.10 bits per heavy atom. The zero-order valence-corrected chi connectivity index (χ0v) is 36.5. The molecule has 2 N–H and O–H groups in total. The van der Waals surface area contributed by atoms with Crippen molar-refractivity contribution >= 4 is 29.0 Å². The van der Waals surface area contributed by atoms with Crippen molar-refractivity contribution in [2.45, 2.75) is 76.0 Å². The van der Waals surface area contributed by atoms with Gasteiger partial charge in [0.15, 0.2) is 11.3 Å². The molecule has 0 spiro atoms. The van der Waals surface area contributed by atoms with E-state index >= 15 is 0 Å². The number of nitrogens with zero attached hydrogens (tertiary/aromatic N) is 9. The molecule has 0 bridgehead atoms. The van der Waals surface area contributed by atoms with E-state index in [1.54, 1.807) is 18.7 Å². The number of carbonyl (C=O) groups is 3. The smallest absolute Gasteiger partial charge is 0.380 e. The third-order valence-electron chi connectivity index (χ3n) is 12.2. The molecule has 14 nitrogen and oxygen atoms in total. The van der Waals surface area contributed by atoms with Crippen molar-refractivity contribution in [3.8, 4) is 22.5 Å². The molecule has 3 amide bonds. The Morgan fingerprint density at radius 3 is 1.49 bits per heavy atom. The first-order valence-corrected chi connectivity index (χ1v) is 21.2. The van der Waals surface area contributed by atoms with Gasteiger partial charge in [-0.3, -0.25) is 14.4 Å². The van der Waals surface area contributed by atoms with Gasteiger partial charge in [0.2, 0.25) is 0 Å². The third kappa shape index (κ3) is 9.27. The van der Waals surface area contributed by atoms with Crippen molar-refractivity contribution < 1.29 is 54.6 Å². The summed E-state index contributed by atoms with van der Waals surface area (Å²) in [4.78, 5) is 51.8. The van der Waals surface area contributed by atoms with Crippen molar-refractivity contribution in [2.24, 2.45) is 0 Å². The molecule has 2 aromatic carbocycles. The lowest BCUT2D eigenvalue weighted by Gasteiger charge is -2.49. The molecule has 67 heavy (non-hydrogen) atoms. The number of fused-ring (bicyclic) bond motifs is 2. The maximum atomic E-state index is 13.9. The molecule has 9 rings (SSSR count). The van der Waals surface area contributed by atoms with Crippen molar-refractivity contribution in [1.29, 1.82) is 0 Å². The first kappa shape index (κ1) is 47.0. The molecule has 1 saturated carbocycles. The van der Waals surface area contributed by atoms with Gasteiger partial charge >= 0.3 is 12.4 Å².